The smallest absolute Gasteiger partial charge is 0.339 e. The van der Waals surface area contributed by atoms with Crippen LogP contribution >= 0.6 is 11.6 Å². The molecular formula is C29H20ClN3O7. The molecular weight excluding hydrogens is 538 g/mol. The number of benzene rings is 3. The number of para-hydroxylation sites is 1. The summed E-state index contributed by atoms with van der Waals surface area (Å²) in [6.45, 7) is -0.459. The molecule has 4 aromatic rings. The summed E-state index contributed by atoms with van der Waals surface area (Å²) in [5.74, 6) is -0.0612. The van der Waals surface area contributed by atoms with Gasteiger partial charge in [-0.1, -0.05) is 35.9 Å². The molecule has 2 heterocycles. The standard InChI is InChI=1S/C29H20ClN3O7/c30-18-7-9-23(33(36)37)22(13-18)31-26(34)14-38-29(35)27-19-3-1-2-4-21(19)32-28-17(6-8-20(27)28)11-16-5-10-24-25(12-16)40-15-39-24/h1-5,7,9-13H,6,8,14-15H2,(H,31,34)/b17-11-. The van der Waals surface area contributed by atoms with Gasteiger partial charge in [0.15, 0.2) is 18.1 Å². The van der Waals surface area contributed by atoms with Gasteiger partial charge in [0.1, 0.15) is 5.69 Å². The summed E-state index contributed by atoms with van der Waals surface area (Å²) in [6.07, 6.45) is 3.23. The van der Waals surface area contributed by atoms with Gasteiger partial charge in [-0.15, -0.1) is 0 Å². The number of carbonyl (C=O) groups excluding carboxylic acids is 2. The Hall–Kier alpha value is -4.96. The molecule has 0 saturated carbocycles. The Balaban J connectivity index is 1.27. The maximum absolute atomic E-state index is 13.4. The van der Waals surface area contributed by atoms with E-state index in [1.807, 2.05) is 36.4 Å². The van der Waals surface area contributed by atoms with Crippen LogP contribution in [0.15, 0.2) is 60.7 Å². The molecule has 1 aliphatic carbocycles. The predicted molar refractivity (Wildman–Crippen MR) is 148 cm³/mol. The Morgan fingerprint density at radius 3 is 2.75 bits per heavy atom. The Morgan fingerprint density at radius 1 is 1.07 bits per heavy atom. The van der Waals surface area contributed by atoms with Crippen LogP contribution < -0.4 is 14.8 Å². The van der Waals surface area contributed by atoms with Crippen LogP contribution in [0.25, 0.3) is 22.6 Å². The van der Waals surface area contributed by atoms with Crippen molar-refractivity contribution in [2.45, 2.75) is 12.8 Å². The van der Waals surface area contributed by atoms with Gasteiger partial charge in [0.2, 0.25) is 6.79 Å². The first kappa shape index (κ1) is 25.3. The molecule has 10 nitrogen and oxygen atoms in total. The lowest BCUT2D eigenvalue weighted by atomic mass is 10.0. The summed E-state index contributed by atoms with van der Waals surface area (Å²) in [5, 5.41) is 14.5. The molecule has 11 heteroatoms. The highest BCUT2D eigenvalue weighted by molar-refractivity contribution is 6.31. The monoisotopic (exact) mass is 557 g/mol. The number of anilines is 1. The number of pyridine rings is 1. The van der Waals surface area contributed by atoms with Gasteiger partial charge in [0.05, 0.1) is 21.7 Å². The van der Waals surface area contributed by atoms with Crippen molar-refractivity contribution in [2.24, 2.45) is 0 Å². The number of hydrogen-bond donors (Lipinski definition) is 1. The van der Waals surface area contributed by atoms with E-state index < -0.39 is 23.4 Å². The van der Waals surface area contributed by atoms with Crippen molar-refractivity contribution in [3.63, 3.8) is 0 Å². The fourth-order valence-electron chi connectivity index (χ4n) is 4.87. The molecule has 0 spiro atoms. The van der Waals surface area contributed by atoms with Gasteiger partial charge < -0.3 is 19.5 Å². The first-order valence-electron chi connectivity index (χ1n) is 12.3. The van der Waals surface area contributed by atoms with Gasteiger partial charge in [0.25, 0.3) is 11.6 Å². The second-order valence-electron chi connectivity index (χ2n) is 9.16. The van der Waals surface area contributed by atoms with Crippen molar-refractivity contribution in [3.8, 4) is 11.5 Å². The molecule has 0 saturated heterocycles. The first-order chi connectivity index (χ1) is 19.4. The van der Waals surface area contributed by atoms with Crippen molar-refractivity contribution in [1.82, 2.24) is 4.98 Å². The lowest BCUT2D eigenvalue weighted by molar-refractivity contribution is -0.383. The zero-order chi connectivity index (χ0) is 27.8. The molecule has 1 aromatic heterocycles. The zero-order valence-corrected chi connectivity index (χ0v) is 21.6. The number of allylic oxidation sites excluding steroid dienone is 1. The Kier molecular flexibility index (Phi) is 6.53. The number of fused-ring (bicyclic) bond motifs is 3. The number of amides is 1. The predicted octanol–water partition coefficient (Wildman–Crippen LogP) is 5.81. The number of nitro benzene ring substituents is 1. The van der Waals surface area contributed by atoms with E-state index >= 15 is 0 Å². The topological polar surface area (TPSA) is 130 Å². The molecule has 0 radical (unpaired) electrons. The first-order valence-corrected chi connectivity index (χ1v) is 12.7. The summed E-state index contributed by atoms with van der Waals surface area (Å²) in [6, 6.07) is 16.7. The summed E-state index contributed by atoms with van der Waals surface area (Å²) in [5.41, 5.74) is 3.85. The quantitative estimate of drug-likeness (QED) is 0.179. The fourth-order valence-corrected chi connectivity index (χ4v) is 5.05. The molecule has 200 valence electrons. The molecule has 2 aliphatic rings. The SMILES string of the molecule is O=C(COC(=O)c1c2c(nc3ccccc13)/C(=C\c1ccc3c(c1)OCO3)CC2)Nc1cc(Cl)ccc1[N+](=O)[O-]. The number of esters is 1. The Bertz CT molecular complexity index is 1750. The lowest BCUT2D eigenvalue weighted by Crippen LogP contribution is -2.22. The summed E-state index contributed by atoms with van der Waals surface area (Å²) in [4.78, 5) is 41.5. The zero-order valence-electron chi connectivity index (χ0n) is 20.8. The highest BCUT2D eigenvalue weighted by Gasteiger charge is 2.28. The minimum Gasteiger partial charge on any atom is -0.454 e. The van der Waals surface area contributed by atoms with E-state index in [4.69, 9.17) is 30.8 Å². The van der Waals surface area contributed by atoms with Gasteiger partial charge in [-0.3, -0.25) is 14.9 Å². The second kappa shape index (κ2) is 10.3. The third-order valence-electron chi connectivity index (χ3n) is 6.65. The van der Waals surface area contributed by atoms with E-state index in [9.17, 15) is 19.7 Å². The van der Waals surface area contributed by atoms with Crippen LogP contribution in [0.5, 0.6) is 11.5 Å². The number of nitrogens with one attached hydrogen (secondary N) is 1. The van der Waals surface area contributed by atoms with Crippen molar-refractivity contribution < 1.29 is 28.7 Å². The third-order valence-corrected chi connectivity index (χ3v) is 6.88. The molecule has 0 unspecified atom stereocenters. The van der Waals surface area contributed by atoms with Crippen molar-refractivity contribution in [2.75, 3.05) is 18.7 Å². The number of rotatable bonds is 6. The largest absolute Gasteiger partial charge is 0.454 e. The van der Waals surface area contributed by atoms with E-state index in [1.165, 1.54) is 18.2 Å². The van der Waals surface area contributed by atoms with Crippen molar-refractivity contribution in [1.29, 1.82) is 0 Å². The van der Waals surface area contributed by atoms with Crippen LogP contribution in [-0.4, -0.2) is 35.2 Å². The van der Waals surface area contributed by atoms with Gasteiger partial charge in [0, 0.05) is 16.5 Å². The van der Waals surface area contributed by atoms with Crippen LogP contribution in [0, 0.1) is 10.1 Å². The molecule has 0 bridgehead atoms. The molecule has 1 amide bonds. The van der Waals surface area contributed by atoms with Gasteiger partial charge >= 0.3 is 5.97 Å². The maximum Gasteiger partial charge on any atom is 0.339 e. The highest BCUT2D eigenvalue weighted by Crippen LogP contribution is 2.39. The lowest BCUT2D eigenvalue weighted by Gasteiger charge is -2.13. The van der Waals surface area contributed by atoms with Crippen LogP contribution in [0.1, 0.15) is 33.6 Å². The normalized spacial score (nSPS) is 14.3. The second-order valence-corrected chi connectivity index (χ2v) is 9.59. The number of aromatic nitrogens is 1. The van der Waals surface area contributed by atoms with Crippen LogP contribution in [0.2, 0.25) is 5.02 Å². The Morgan fingerprint density at radius 2 is 1.90 bits per heavy atom. The van der Waals surface area contributed by atoms with Crippen molar-refractivity contribution >= 4 is 57.4 Å². The minimum absolute atomic E-state index is 0.0906. The molecule has 0 fully saturated rings. The summed E-state index contributed by atoms with van der Waals surface area (Å²) < 4.78 is 16.3. The molecule has 40 heavy (non-hydrogen) atoms. The number of hydrogen-bond acceptors (Lipinski definition) is 8. The highest BCUT2D eigenvalue weighted by atomic mass is 35.5. The van der Waals surface area contributed by atoms with Crippen LogP contribution in [0.4, 0.5) is 11.4 Å². The number of nitrogens with zero attached hydrogens (tertiary/aromatic N) is 2. The van der Waals surface area contributed by atoms with Gasteiger partial charge in [-0.2, -0.15) is 0 Å². The number of carbonyl (C=O) groups is 2. The minimum atomic E-state index is -0.739. The average Bonchev–Trinajstić information content (AvgIpc) is 3.57. The molecule has 1 aliphatic heterocycles. The van der Waals surface area contributed by atoms with E-state index in [1.54, 1.807) is 12.1 Å². The van der Waals surface area contributed by atoms with Gasteiger partial charge in [-0.05, 0) is 65.9 Å². The summed E-state index contributed by atoms with van der Waals surface area (Å²) >= 11 is 5.93. The molecule has 0 atom stereocenters. The molecule has 6 rings (SSSR count). The Labute approximate surface area is 232 Å². The van der Waals surface area contributed by atoms with Crippen LogP contribution in [0.3, 0.4) is 0 Å². The molecule has 1 N–H and O–H groups in total. The van der Waals surface area contributed by atoms with Crippen LogP contribution in [-0.2, 0) is 16.0 Å². The number of ether oxygens (including phenoxy) is 3. The van der Waals surface area contributed by atoms with E-state index in [-0.39, 0.29) is 23.2 Å². The summed E-state index contributed by atoms with van der Waals surface area (Å²) in [7, 11) is 0. The van der Waals surface area contributed by atoms with E-state index in [2.05, 4.69) is 5.32 Å². The van der Waals surface area contributed by atoms with Gasteiger partial charge in [-0.25, -0.2) is 9.78 Å². The molecule has 3 aromatic carbocycles. The van der Waals surface area contributed by atoms with Crippen molar-refractivity contribution in [3.05, 3.63) is 98.2 Å². The fraction of sp³-hybridized carbons (Fsp3) is 0.138. The van der Waals surface area contributed by atoms with E-state index in [0.29, 0.717) is 46.5 Å². The number of halogens is 1. The average molecular weight is 558 g/mol. The maximum atomic E-state index is 13.4. The third kappa shape index (κ3) is 4.80. The number of nitro groups is 1. The van der Waals surface area contributed by atoms with E-state index in [0.717, 1.165) is 16.7 Å².